The van der Waals surface area contributed by atoms with Crippen LogP contribution in [0.25, 0.3) is 0 Å². The summed E-state index contributed by atoms with van der Waals surface area (Å²) in [6, 6.07) is 7.29. The van der Waals surface area contributed by atoms with Crippen LogP contribution in [0.15, 0.2) is 24.3 Å². The van der Waals surface area contributed by atoms with Crippen LogP contribution in [-0.2, 0) is 4.79 Å². The number of nitrogens with two attached hydrogens (primary N) is 1. The number of benzene rings is 1. The van der Waals surface area contributed by atoms with Crippen molar-refractivity contribution in [2.75, 3.05) is 11.9 Å². The summed E-state index contributed by atoms with van der Waals surface area (Å²) < 4.78 is 5.38. The Bertz CT molecular complexity index is 480. The summed E-state index contributed by atoms with van der Waals surface area (Å²) in [5.74, 6) is 0.974. The van der Waals surface area contributed by atoms with Crippen LogP contribution in [0.4, 0.5) is 5.69 Å². The van der Waals surface area contributed by atoms with Crippen molar-refractivity contribution >= 4 is 28.8 Å². The SMILES string of the molecule is NC(=S)COc1ccc(NC(=O)C2CCCCCC2)cc1. The zero-order valence-corrected chi connectivity index (χ0v) is 13.0. The molecule has 2 rings (SSSR count). The summed E-state index contributed by atoms with van der Waals surface area (Å²) in [6.07, 6.45) is 6.81. The van der Waals surface area contributed by atoms with Crippen LogP contribution in [-0.4, -0.2) is 17.5 Å². The van der Waals surface area contributed by atoms with Gasteiger partial charge in [0.15, 0.2) is 0 Å². The van der Waals surface area contributed by atoms with Gasteiger partial charge in [-0.05, 0) is 37.1 Å². The van der Waals surface area contributed by atoms with Crippen molar-refractivity contribution in [3.8, 4) is 5.75 Å². The second-order valence-corrected chi connectivity index (χ2v) is 5.98. The lowest BCUT2D eigenvalue weighted by atomic mass is 9.99. The van der Waals surface area contributed by atoms with Crippen LogP contribution < -0.4 is 15.8 Å². The molecule has 114 valence electrons. The van der Waals surface area contributed by atoms with Gasteiger partial charge in [-0.25, -0.2) is 0 Å². The zero-order chi connectivity index (χ0) is 15.1. The fraction of sp³-hybridized carbons (Fsp3) is 0.500. The summed E-state index contributed by atoms with van der Waals surface area (Å²) in [5.41, 5.74) is 6.18. The van der Waals surface area contributed by atoms with E-state index in [0.29, 0.717) is 10.7 Å². The van der Waals surface area contributed by atoms with Crippen molar-refractivity contribution in [1.82, 2.24) is 0 Å². The van der Waals surface area contributed by atoms with Crippen molar-refractivity contribution in [2.45, 2.75) is 38.5 Å². The molecule has 0 aliphatic heterocycles. The van der Waals surface area contributed by atoms with Gasteiger partial charge in [0.05, 0.1) is 0 Å². The second kappa shape index (κ2) is 7.98. The van der Waals surface area contributed by atoms with Gasteiger partial charge in [0, 0.05) is 11.6 Å². The quantitative estimate of drug-likeness (QED) is 0.647. The predicted molar refractivity (Wildman–Crippen MR) is 88.5 cm³/mol. The normalized spacial score (nSPS) is 16.0. The van der Waals surface area contributed by atoms with Gasteiger partial charge in [-0.15, -0.1) is 0 Å². The Balaban J connectivity index is 1.87. The highest BCUT2D eigenvalue weighted by Crippen LogP contribution is 2.24. The average Bonchev–Trinajstić information content (AvgIpc) is 2.75. The molecule has 21 heavy (non-hydrogen) atoms. The minimum absolute atomic E-state index is 0.133. The predicted octanol–water partition coefficient (Wildman–Crippen LogP) is 3.26. The van der Waals surface area contributed by atoms with Gasteiger partial charge in [0.25, 0.3) is 0 Å². The van der Waals surface area contributed by atoms with E-state index in [-0.39, 0.29) is 18.4 Å². The maximum atomic E-state index is 12.2. The fourth-order valence-corrected chi connectivity index (χ4v) is 2.63. The molecule has 3 N–H and O–H groups in total. The lowest BCUT2D eigenvalue weighted by Gasteiger charge is -2.14. The van der Waals surface area contributed by atoms with Gasteiger partial charge in [-0.1, -0.05) is 37.9 Å². The molecule has 5 heteroatoms. The molecule has 1 aromatic rings. The summed E-state index contributed by atoms with van der Waals surface area (Å²) in [6.45, 7) is 0.225. The Morgan fingerprint density at radius 3 is 2.38 bits per heavy atom. The average molecular weight is 306 g/mol. The zero-order valence-electron chi connectivity index (χ0n) is 12.1. The molecule has 0 heterocycles. The lowest BCUT2D eigenvalue weighted by molar-refractivity contribution is -0.120. The first-order valence-electron chi connectivity index (χ1n) is 7.47. The molecule has 1 aromatic carbocycles. The minimum Gasteiger partial charge on any atom is -0.487 e. The molecule has 1 fully saturated rings. The minimum atomic E-state index is 0.133. The fourth-order valence-electron chi connectivity index (χ4n) is 2.57. The molecule has 0 atom stereocenters. The van der Waals surface area contributed by atoms with Gasteiger partial charge in [-0.3, -0.25) is 4.79 Å². The molecule has 0 saturated heterocycles. The Morgan fingerprint density at radius 1 is 1.19 bits per heavy atom. The summed E-state index contributed by atoms with van der Waals surface area (Å²) in [4.78, 5) is 12.6. The molecule has 0 spiro atoms. The summed E-state index contributed by atoms with van der Waals surface area (Å²) in [5, 5.41) is 2.99. The highest BCUT2D eigenvalue weighted by molar-refractivity contribution is 7.80. The molecule has 1 aliphatic rings. The van der Waals surface area contributed by atoms with Gasteiger partial charge in [-0.2, -0.15) is 0 Å². The first-order chi connectivity index (χ1) is 10.1. The standard InChI is InChI=1S/C16H22N2O2S/c17-15(21)11-20-14-9-7-13(8-10-14)18-16(19)12-5-3-1-2-4-6-12/h7-10,12H,1-6,11H2,(H2,17,21)(H,18,19). The Kier molecular flexibility index (Phi) is 5.99. The van der Waals surface area contributed by atoms with Crippen LogP contribution in [0.2, 0.25) is 0 Å². The van der Waals surface area contributed by atoms with E-state index in [2.05, 4.69) is 5.32 Å². The van der Waals surface area contributed by atoms with Crippen molar-refractivity contribution in [2.24, 2.45) is 11.7 Å². The number of hydrogen-bond acceptors (Lipinski definition) is 3. The third kappa shape index (κ3) is 5.34. The number of amides is 1. The van der Waals surface area contributed by atoms with E-state index in [1.54, 1.807) is 12.1 Å². The van der Waals surface area contributed by atoms with Crippen LogP contribution in [0, 0.1) is 5.92 Å². The third-order valence-corrected chi connectivity index (χ3v) is 3.85. The van der Waals surface area contributed by atoms with E-state index in [9.17, 15) is 4.79 Å². The molecular formula is C16H22N2O2S. The molecular weight excluding hydrogens is 284 g/mol. The van der Waals surface area contributed by atoms with E-state index in [4.69, 9.17) is 22.7 Å². The van der Waals surface area contributed by atoms with Gasteiger partial charge in [0.2, 0.25) is 5.91 Å². The first kappa shape index (κ1) is 15.8. The molecule has 0 radical (unpaired) electrons. The number of carbonyl (C=O) groups is 1. The van der Waals surface area contributed by atoms with E-state index < -0.39 is 0 Å². The number of carbonyl (C=O) groups excluding carboxylic acids is 1. The largest absolute Gasteiger partial charge is 0.487 e. The smallest absolute Gasteiger partial charge is 0.227 e. The van der Waals surface area contributed by atoms with E-state index >= 15 is 0 Å². The third-order valence-electron chi connectivity index (χ3n) is 3.73. The Hall–Kier alpha value is -1.62. The number of nitrogens with one attached hydrogen (secondary N) is 1. The summed E-state index contributed by atoms with van der Waals surface area (Å²) >= 11 is 4.76. The number of rotatable bonds is 5. The number of ether oxygens (including phenoxy) is 1. The van der Waals surface area contributed by atoms with Gasteiger partial charge in [0.1, 0.15) is 17.3 Å². The van der Waals surface area contributed by atoms with Gasteiger partial charge >= 0.3 is 0 Å². The maximum absolute atomic E-state index is 12.2. The van der Waals surface area contributed by atoms with Crippen LogP contribution in [0.5, 0.6) is 5.75 Å². The van der Waals surface area contributed by atoms with Crippen LogP contribution in [0.3, 0.4) is 0 Å². The van der Waals surface area contributed by atoms with Crippen LogP contribution in [0.1, 0.15) is 38.5 Å². The van der Waals surface area contributed by atoms with E-state index in [1.807, 2.05) is 12.1 Å². The molecule has 0 unspecified atom stereocenters. The Labute approximate surface area is 131 Å². The molecule has 1 aliphatic carbocycles. The van der Waals surface area contributed by atoms with Gasteiger partial charge < -0.3 is 15.8 Å². The molecule has 1 amide bonds. The lowest BCUT2D eigenvalue weighted by Crippen LogP contribution is -2.22. The highest BCUT2D eigenvalue weighted by Gasteiger charge is 2.19. The molecule has 1 saturated carbocycles. The van der Waals surface area contributed by atoms with Crippen LogP contribution >= 0.6 is 12.2 Å². The Morgan fingerprint density at radius 2 is 1.81 bits per heavy atom. The van der Waals surface area contributed by atoms with Crippen molar-refractivity contribution < 1.29 is 9.53 Å². The molecule has 0 bridgehead atoms. The number of anilines is 1. The monoisotopic (exact) mass is 306 g/mol. The van der Waals surface area contributed by atoms with E-state index in [0.717, 1.165) is 31.4 Å². The van der Waals surface area contributed by atoms with Crippen molar-refractivity contribution in [3.05, 3.63) is 24.3 Å². The second-order valence-electron chi connectivity index (χ2n) is 5.46. The molecule has 4 nitrogen and oxygen atoms in total. The molecule has 0 aromatic heterocycles. The number of hydrogen-bond donors (Lipinski definition) is 2. The number of thiocarbonyl (C=S) groups is 1. The van der Waals surface area contributed by atoms with Crippen molar-refractivity contribution in [3.63, 3.8) is 0 Å². The highest BCUT2D eigenvalue weighted by atomic mass is 32.1. The maximum Gasteiger partial charge on any atom is 0.227 e. The first-order valence-corrected chi connectivity index (χ1v) is 7.88. The topological polar surface area (TPSA) is 64.3 Å². The summed E-state index contributed by atoms with van der Waals surface area (Å²) in [7, 11) is 0. The van der Waals surface area contributed by atoms with E-state index in [1.165, 1.54) is 12.8 Å². The van der Waals surface area contributed by atoms with Crippen molar-refractivity contribution in [1.29, 1.82) is 0 Å².